The fraction of sp³-hybridized carbons (Fsp3) is 0.552. The van der Waals surface area contributed by atoms with Crippen molar-refractivity contribution in [2.24, 2.45) is 34.5 Å². The van der Waals surface area contributed by atoms with Crippen molar-refractivity contribution in [1.82, 2.24) is 9.55 Å². The fourth-order valence-corrected chi connectivity index (χ4v) is 8.48. The van der Waals surface area contributed by atoms with Crippen molar-refractivity contribution in [2.75, 3.05) is 12.4 Å². The first kappa shape index (κ1) is 22.6. The number of imidazole rings is 1. The van der Waals surface area contributed by atoms with Gasteiger partial charge >= 0.3 is 5.97 Å². The molecule has 1 unspecified atom stereocenters. The number of carbonyl (C=O) groups is 2. The van der Waals surface area contributed by atoms with Crippen molar-refractivity contribution in [3.8, 4) is 0 Å². The second-order valence-corrected chi connectivity index (χ2v) is 11.6. The van der Waals surface area contributed by atoms with Crippen LogP contribution in [0.15, 0.2) is 42.7 Å². The van der Waals surface area contributed by atoms with Gasteiger partial charge in [0.15, 0.2) is 0 Å². The number of anilines is 1. The number of methoxy groups -OCH3 is 1. The minimum atomic E-state index is -0.369. The number of amides is 1. The summed E-state index contributed by atoms with van der Waals surface area (Å²) in [6.45, 7) is 4.85. The van der Waals surface area contributed by atoms with Crippen molar-refractivity contribution >= 4 is 23.6 Å². The molecule has 4 aliphatic rings. The molecular formula is C29H35N3O3. The van der Waals surface area contributed by atoms with Gasteiger partial charge in [-0.3, -0.25) is 4.79 Å². The molecule has 3 saturated carbocycles. The van der Waals surface area contributed by atoms with E-state index in [0.717, 1.165) is 30.8 Å². The van der Waals surface area contributed by atoms with Gasteiger partial charge in [-0.25, -0.2) is 9.78 Å². The van der Waals surface area contributed by atoms with E-state index in [9.17, 15) is 9.59 Å². The molecule has 2 aromatic rings. The maximum atomic E-state index is 13.5. The van der Waals surface area contributed by atoms with Crippen LogP contribution < -0.4 is 5.32 Å². The van der Waals surface area contributed by atoms with Crippen LogP contribution >= 0.6 is 0 Å². The highest BCUT2D eigenvalue weighted by Gasteiger charge is 2.61. The van der Waals surface area contributed by atoms with Gasteiger partial charge in [0.1, 0.15) is 5.82 Å². The Labute approximate surface area is 207 Å². The number of allylic oxidation sites excluding steroid dienone is 1. The molecule has 0 bridgehead atoms. The molecular weight excluding hydrogens is 438 g/mol. The number of benzene rings is 1. The highest BCUT2D eigenvalue weighted by molar-refractivity contribution is 5.94. The molecule has 1 N–H and O–H groups in total. The molecule has 0 saturated heterocycles. The van der Waals surface area contributed by atoms with E-state index in [1.165, 1.54) is 26.4 Å². The maximum Gasteiger partial charge on any atom is 0.337 e. The average molecular weight is 474 g/mol. The molecule has 0 radical (unpaired) electrons. The van der Waals surface area contributed by atoms with Crippen LogP contribution in [0, 0.1) is 34.5 Å². The van der Waals surface area contributed by atoms with Crippen molar-refractivity contribution in [2.45, 2.75) is 58.4 Å². The van der Waals surface area contributed by atoms with Crippen LogP contribution in [0.1, 0.15) is 74.6 Å². The number of nitrogens with one attached hydrogen (secondary N) is 1. The first-order valence-electron chi connectivity index (χ1n) is 13.1. The zero-order valence-electron chi connectivity index (χ0n) is 20.9. The lowest BCUT2D eigenvalue weighted by molar-refractivity contribution is -0.127. The van der Waals surface area contributed by atoms with E-state index in [1.807, 2.05) is 6.20 Å². The Hall–Kier alpha value is -2.89. The Balaban J connectivity index is 1.20. The van der Waals surface area contributed by atoms with Crippen LogP contribution in [0.4, 0.5) is 5.69 Å². The number of aromatic nitrogens is 2. The second kappa shape index (κ2) is 8.07. The molecule has 1 aromatic heterocycles. The molecule has 6 heteroatoms. The minimum Gasteiger partial charge on any atom is -0.465 e. The number of hydrogen-bond acceptors (Lipinski definition) is 4. The Morgan fingerprint density at radius 2 is 1.86 bits per heavy atom. The van der Waals surface area contributed by atoms with Crippen LogP contribution in [-0.4, -0.2) is 28.5 Å². The minimum absolute atomic E-state index is 0.0291. The van der Waals surface area contributed by atoms with Gasteiger partial charge in [-0.1, -0.05) is 19.9 Å². The maximum absolute atomic E-state index is 13.5. The zero-order valence-corrected chi connectivity index (χ0v) is 20.9. The van der Waals surface area contributed by atoms with Gasteiger partial charge in [0.25, 0.3) is 0 Å². The summed E-state index contributed by atoms with van der Waals surface area (Å²) in [7, 11) is 1.37. The number of fused-ring (bicyclic) bond motifs is 7. The molecule has 1 amide bonds. The molecule has 6 rings (SSSR count). The number of ether oxygens (including phenoxy) is 1. The van der Waals surface area contributed by atoms with Gasteiger partial charge in [0, 0.05) is 35.5 Å². The number of hydrogen-bond donors (Lipinski definition) is 1. The molecule has 1 aromatic carbocycles. The quantitative estimate of drug-likeness (QED) is 0.578. The predicted molar refractivity (Wildman–Crippen MR) is 135 cm³/mol. The molecule has 2 heterocycles. The van der Waals surface area contributed by atoms with Crippen molar-refractivity contribution in [3.05, 3.63) is 54.1 Å². The Bertz CT molecular complexity index is 1180. The number of rotatable bonds is 3. The summed E-state index contributed by atoms with van der Waals surface area (Å²) in [5.41, 5.74) is 1.42. The summed E-state index contributed by atoms with van der Waals surface area (Å²) >= 11 is 0. The topological polar surface area (TPSA) is 73.2 Å². The highest BCUT2D eigenvalue weighted by Crippen LogP contribution is 2.67. The fourth-order valence-electron chi connectivity index (χ4n) is 8.48. The highest BCUT2D eigenvalue weighted by atomic mass is 16.5. The van der Waals surface area contributed by atoms with E-state index < -0.39 is 0 Å². The number of carbonyl (C=O) groups excluding carboxylic acids is 2. The molecule has 6 nitrogen and oxygen atoms in total. The molecule has 0 spiro atoms. The first-order chi connectivity index (χ1) is 16.8. The van der Waals surface area contributed by atoms with E-state index in [4.69, 9.17) is 4.74 Å². The van der Waals surface area contributed by atoms with Gasteiger partial charge in [-0.15, -0.1) is 0 Å². The SMILES string of the molecule is COC(=O)c1ccc(NC(=O)[C@H]2CC[C@H]3[C@@H]4CCC5n6ccnc6C=C[C@]5(C)[C@H]4CC[C@]23C)cc1. The summed E-state index contributed by atoms with van der Waals surface area (Å²) in [6, 6.07) is 7.47. The Morgan fingerprint density at radius 1 is 1.06 bits per heavy atom. The number of nitrogens with zero attached hydrogens (tertiary/aromatic N) is 2. The predicted octanol–water partition coefficient (Wildman–Crippen LogP) is 5.74. The lowest BCUT2D eigenvalue weighted by Gasteiger charge is -2.59. The largest absolute Gasteiger partial charge is 0.465 e. The summed E-state index contributed by atoms with van der Waals surface area (Å²) in [6.07, 6.45) is 15.6. The second-order valence-electron chi connectivity index (χ2n) is 11.6. The van der Waals surface area contributed by atoms with Gasteiger partial charge in [-0.2, -0.15) is 0 Å². The molecule has 3 aliphatic carbocycles. The first-order valence-corrected chi connectivity index (χ1v) is 13.1. The molecule has 7 atom stereocenters. The summed E-state index contributed by atoms with van der Waals surface area (Å²) in [5, 5.41) is 3.15. The lowest BCUT2D eigenvalue weighted by Crippen LogP contribution is -2.53. The van der Waals surface area contributed by atoms with E-state index in [1.54, 1.807) is 24.3 Å². The smallest absolute Gasteiger partial charge is 0.337 e. The molecule has 3 fully saturated rings. The third-order valence-electron chi connectivity index (χ3n) is 10.2. The third kappa shape index (κ3) is 3.32. The van der Waals surface area contributed by atoms with E-state index in [-0.39, 0.29) is 28.6 Å². The summed E-state index contributed by atoms with van der Waals surface area (Å²) in [5.74, 6) is 2.78. The average Bonchev–Trinajstić information content (AvgIpc) is 3.47. The lowest BCUT2D eigenvalue weighted by atomic mass is 9.48. The van der Waals surface area contributed by atoms with Gasteiger partial charge in [0.05, 0.1) is 12.7 Å². The van der Waals surface area contributed by atoms with Crippen LogP contribution in [0.25, 0.3) is 6.08 Å². The monoisotopic (exact) mass is 473 g/mol. The van der Waals surface area contributed by atoms with E-state index in [2.05, 4.69) is 47.1 Å². The van der Waals surface area contributed by atoms with Crippen LogP contribution in [0.3, 0.4) is 0 Å². The van der Waals surface area contributed by atoms with Crippen molar-refractivity contribution < 1.29 is 14.3 Å². The summed E-state index contributed by atoms with van der Waals surface area (Å²) in [4.78, 5) is 29.7. The van der Waals surface area contributed by atoms with Gasteiger partial charge in [0.2, 0.25) is 5.91 Å². The van der Waals surface area contributed by atoms with Crippen LogP contribution in [0.2, 0.25) is 0 Å². The third-order valence-corrected chi connectivity index (χ3v) is 10.2. The number of esters is 1. The summed E-state index contributed by atoms with van der Waals surface area (Å²) < 4.78 is 7.18. The molecule has 1 aliphatic heterocycles. The van der Waals surface area contributed by atoms with E-state index in [0.29, 0.717) is 29.4 Å². The van der Waals surface area contributed by atoms with Gasteiger partial charge < -0.3 is 14.6 Å². The van der Waals surface area contributed by atoms with Gasteiger partial charge in [-0.05, 0) is 92.0 Å². The Morgan fingerprint density at radius 3 is 2.63 bits per heavy atom. The molecule has 35 heavy (non-hydrogen) atoms. The normalized spacial score (nSPS) is 36.9. The Kier molecular flexibility index (Phi) is 5.20. The van der Waals surface area contributed by atoms with Crippen molar-refractivity contribution in [1.29, 1.82) is 0 Å². The van der Waals surface area contributed by atoms with Crippen molar-refractivity contribution in [3.63, 3.8) is 0 Å². The van der Waals surface area contributed by atoms with E-state index >= 15 is 0 Å². The zero-order chi connectivity index (χ0) is 24.4. The van der Waals surface area contributed by atoms with Crippen LogP contribution in [0.5, 0.6) is 0 Å². The molecule has 184 valence electrons. The van der Waals surface area contributed by atoms with Crippen LogP contribution in [-0.2, 0) is 9.53 Å². The standard InChI is InChI=1S/C29H35N3O3/c1-28-14-12-22-20(8-11-24-29(22,2)15-13-25-30-16-17-32(24)25)21(28)9-10-23(28)26(33)31-19-6-4-18(5-7-19)27(34)35-3/h4-7,13,15-17,20-24H,8-12,14H2,1-3H3,(H,31,33)/t20-,21-,22-,23+,24?,28-,29+/m0/s1.